The number of rotatable bonds is 6. The Bertz CT molecular complexity index is 562. The Morgan fingerprint density at radius 2 is 1.91 bits per heavy atom. The lowest BCUT2D eigenvalue weighted by Crippen LogP contribution is -2.39. The van der Waals surface area contributed by atoms with Crippen molar-refractivity contribution in [2.24, 2.45) is 5.92 Å². The maximum absolute atomic E-state index is 12.0. The van der Waals surface area contributed by atoms with Gasteiger partial charge in [0.2, 0.25) is 5.91 Å². The van der Waals surface area contributed by atoms with Gasteiger partial charge in [0.15, 0.2) is 0 Å². The zero-order valence-electron chi connectivity index (χ0n) is 13.8. The molecule has 0 bridgehead atoms. The largest absolute Gasteiger partial charge is 0.493 e. The molecule has 2 rings (SSSR count). The van der Waals surface area contributed by atoms with Crippen molar-refractivity contribution in [2.45, 2.75) is 52.0 Å². The standard InChI is InChI=1S/C18H25NO4/c1-12-4-3-5-16(13(12)2)23-11-10-17(20)19-15-8-6-14(7-9-15)18(21)22/h3-5,14-15H,6-11H2,1-2H3,(H,19,20)(H,21,22). The molecule has 0 aliphatic heterocycles. The van der Waals surface area contributed by atoms with Crippen LogP contribution in [0.4, 0.5) is 0 Å². The number of hydrogen-bond donors (Lipinski definition) is 2. The van der Waals surface area contributed by atoms with Gasteiger partial charge in [-0.25, -0.2) is 0 Å². The average molecular weight is 319 g/mol. The van der Waals surface area contributed by atoms with Gasteiger partial charge in [-0.2, -0.15) is 0 Å². The van der Waals surface area contributed by atoms with Crippen LogP contribution in [0.2, 0.25) is 0 Å². The quantitative estimate of drug-likeness (QED) is 0.845. The van der Waals surface area contributed by atoms with E-state index in [-0.39, 0.29) is 17.9 Å². The molecule has 0 heterocycles. The van der Waals surface area contributed by atoms with Crippen molar-refractivity contribution in [1.29, 1.82) is 0 Å². The van der Waals surface area contributed by atoms with Gasteiger partial charge in [-0.1, -0.05) is 12.1 Å². The first-order valence-electron chi connectivity index (χ1n) is 8.18. The normalized spacial score (nSPS) is 20.8. The van der Waals surface area contributed by atoms with Crippen molar-refractivity contribution >= 4 is 11.9 Å². The molecular formula is C18H25NO4. The van der Waals surface area contributed by atoms with Crippen LogP contribution in [0.5, 0.6) is 5.75 Å². The Kier molecular flexibility index (Phi) is 6.02. The van der Waals surface area contributed by atoms with Gasteiger partial charge in [0.05, 0.1) is 18.9 Å². The van der Waals surface area contributed by atoms with Crippen LogP contribution in [-0.2, 0) is 9.59 Å². The molecule has 1 aliphatic rings. The summed E-state index contributed by atoms with van der Waals surface area (Å²) in [6.07, 6.45) is 3.06. The predicted molar refractivity (Wildman–Crippen MR) is 87.6 cm³/mol. The number of carbonyl (C=O) groups excluding carboxylic acids is 1. The number of aliphatic carboxylic acids is 1. The fraction of sp³-hybridized carbons (Fsp3) is 0.556. The molecule has 126 valence electrons. The summed E-state index contributed by atoms with van der Waals surface area (Å²) in [5.74, 6) is -0.193. The minimum Gasteiger partial charge on any atom is -0.493 e. The summed E-state index contributed by atoms with van der Waals surface area (Å²) in [4.78, 5) is 22.9. The van der Waals surface area contributed by atoms with Crippen molar-refractivity contribution < 1.29 is 19.4 Å². The Hall–Kier alpha value is -2.04. The lowest BCUT2D eigenvalue weighted by molar-refractivity contribution is -0.142. The molecule has 1 aliphatic carbocycles. The van der Waals surface area contributed by atoms with Crippen LogP contribution in [0.3, 0.4) is 0 Å². The molecule has 5 heteroatoms. The van der Waals surface area contributed by atoms with Crippen LogP contribution >= 0.6 is 0 Å². The van der Waals surface area contributed by atoms with Crippen LogP contribution in [0.25, 0.3) is 0 Å². The van der Waals surface area contributed by atoms with Gasteiger partial charge in [0.25, 0.3) is 0 Å². The highest BCUT2D eigenvalue weighted by Gasteiger charge is 2.26. The summed E-state index contributed by atoms with van der Waals surface area (Å²) >= 11 is 0. The van der Waals surface area contributed by atoms with E-state index in [9.17, 15) is 9.59 Å². The molecule has 5 nitrogen and oxygen atoms in total. The second-order valence-corrected chi connectivity index (χ2v) is 6.25. The van der Waals surface area contributed by atoms with E-state index < -0.39 is 5.97 Å². The molecule has 0 radical (unpaired) electrons. The van der Waals surface area contributed by atoms with E-state index in [4.69, 9.17) is 9.84 Å². The number of nitrogens with one attached hydrogen (secondary N) is 1. The lowest BCUT2D eigenvalue weighted by Gasteiger charge is -2.26. The van der Waals surface area contributed by atoms with Gasteiger partial charge < -0.3 is 15.2 Å². The van der Waals surface area contributed by atoms with Crippen LogP contribution in [0.1, 0.15) is 43.2 Å². The second-order valence-electron chi connectivity index (χ2n) is 6.25. The predicted octanol–water partition coefficient (Wildman–Crippen LogP) is 2.83. The van der Waals surface area contributed by atoms with Gasteiger partial charge in [0, 0.05) is 6.04 Å². The smallest absolute Gasteiger partial charge is 0.306 e. The molecule has 1 amide bonds. The third kappa shape index (κ3) is 4.98. The van der Waals surface area contributed by atoms with E-state index in [1.165, 1.54) is 5.56 Å². The van der Waals surface area contributed by atoms with Gasteiger partial charge >= 0.3 is 5.97 Å². The SMILES string of the molecule is Cc1cccc(OCCC(=O)NC2CCC(C(=O)O)CC2)c1C. The van der Waals surface area contributed by atoms with Crippen molar-refractivity contribution in [2.75, 3.05) is 6.61 Å². The number of hydrogen-bond acceptors (Lipinski definition) is 3. The molecule has 0 unspecified atom stereocenters. The molecule has 1 fully saturated rings. The molecule has 2 N–H and O–H groups in total. The number of carbonyl (C=O) groups is 2. The molecule has 0 spiro atoms. The maximum atomic E-state index is 12.0. The first-order chi connectivity index (χ1) is 11.0. The van der Waals surface area contributed by atoms with E-state index >= 15 is 0 Å². The number of benzene rings is 1. The average Bonchev–Trinajstić information content (AvgIpc) is 2.52. The van der Waals surface area contributed by atoms with Crippen molar-refractivity contribution in [3.63, 3.8) is 0 Å². The van der Waals surface area contributed by atoms with E-state index in [2.05, 4.69) is 5.32 Å². The molecule has 23 heavy (non-hydrogen) atoms. The van der Waals surface area contributed by atoms with Crippen LogP contribution < -0.4 is 10.1 Å². The summed E-state index contributed by atoms with van der Waals surface area (Å²) in [6.45, 7) is 4.38. The van der Waals surface area contributed by atoms with Gasteiger partial charge in [-0.3, -0.25) is 9.59 Å². The summed E-state index contributed by atoms with van der Waals surface area (Å²) in [6, 6.07) is 5.98. The molecule has 1 saturated carbocycles. The number of ether oxygens (including phenoxy) is 1. The fourth-order valence-electron chi connectivity index (χ4n) is 2.92. The lowest BCUT2D eigenvalue weighted by atomic mass is 9.86. The molecule has 0 atom stereocenters. The summed E-state index contributed by atoms with van der Waals surface area (Å²) in [7, 11) is 0. The number of carboxylic acids is 1. The zero-order chi connectivity index (χ0) is 16.8. The van der Waals surface area contributed by atoms with Crippen LogP contribution in [0.15, 0.2) is 18.2 Å². The highest BCUT2D eigenvalue weighted by molar-refractivity contribution is 5.76. The van der Waals surface area contributed by atoms with Crippen LogP contribution in [-0.4, -0.2) is 29.6 Å². The zero-order valence-corrected chi connectivity index (χ0v) is 13.8. The number of amides is 1. The minimum atomic E-state index is -0.725. The third-order valence-electron chi connectivity index (χ3n) is 4.58. The summed E-state index contributed by atoms with van der Waals surface area (Å²) < 4.78 is 5.69. The highest BCUT2D eigenvalue weighted by atomic mass is 16.5. The summed E-state index contributed by atoms with van der Waals surface area (Å²) in [5, 5.41) is 11.9. The second kappa shape index (κ2) is 7.99. The Morgan fingerprint density at radius 1 is 1.22 bits per heavy atom. The third-order valence-corrected chi connectivity index (χ3v) is 4.58. The van der Waals surface area contributed by atoms with Gasteiger partial charge in [-0.05, 0) is 56.7 Å². The highest BCUT2D eigenvalue weighted by Crippen LogP contribution is 2.24. The summed E-state index contributed by atoms with van der Waals surface area (Å²) in [5.41, 5.74) is 2.27. The van der Waals surface area contributed by atoms with Gasteiger partial charge in [-0.15, -0.1) is 0 Å². The van der Waals surface area contributed by atoms with E-state index in [1.54, 1.807) is 0 Å². The van der Waals surface area contributed by atoms with Crippen molar-refractivity contribution in [1.82, 2.24) is 5.32 Å². The Morgan fingerprint density at radius 3 is 2.57 bits per heavy atom. The monoisotopic (exact) mass is 319 g/mol. The van der Waals surface area contributed by atoms with E-state index in [0.29, 0.717) is 25.9 Å². The molecule has 0 saturated heterocycles. The number of aryl methyl sites for hydroxylation is 1. The van der Waals surface area contributed by atoms with Gasteiger partial charge in [0.1, 0.15) is 5.75 Å². The molecule has 0 aromatic heterocycles. The molecular weight excluding hydrogens is 294 g/mol. The fourth-order valence-corrected chi connectivity index (χ4v) is 2.92. The molecule has 1 aromatic carbocycles. The molecule has 1 aromatic rings. The van der Waals surface area contributed by atoms with Crippen molar-refractivity contribution in [3.8, 4) is 5.75 Å². The maximum Gasteiger partial charge on any atom is 0.306 e. The minimum absolute atomic E-state index is 0.0333. The van der Waals surface area contributed by atoms with E-state index in [1.807, 2.05) is 32.0 Å². The number of carboxylic acid groups (broad SMARTS) is 1. The Balaban J connectivity index is 1.70. The first-order valence-corrected chi connectivity index (χ1v) is 8.18. The first kappa shape index (κ1) is 17.3. The topological polar surface area (TPSA) is 75.6 Å². The van der Waals surface area contributed by atoms with Crippen LogP contribution in [0, 0.1) is 19.8 Å². The van der Waals surface area contributed by atoms with Crippen molar-refractivity contribution in [3.05, 3.63) is 29.3 Å². The van der Waals surface area contributed by atoms with E-state index in [0.717, 1.165) is 24.2 Å². The Labute approximate surface area is 137 Å².